The van der Waals surface area contributed by atoms with E-state index in [1.54, 1.807) is 11.3 Å². The average molecular weight is 527 g/mol. The van der Waals surface area contributed by atoms with Crippen molar-refractivity contribution >= 4 is 56.9 Å². The SMILES string of the molecule is CCc1cc(-c2cnc(NSc3ccccc3Cl)s2)cc2cnc(NC3CCCCC3)nc12.CN. The Kier molecular flexibility index (Phi) is 9.20. The molecule has 2 aromatic heterocycles. The number of fused-ring (bicyclic) bond motifs is 1. The summed E-state index contributed by atoms with van der Waals surface area (Å²) in [5, 5.41) is 6.19. The van der Waals surface area contributed by atoms with Crippen LogP contribution in [0.4, 0.5) is 11.1 Å². The van der Waals surface area contributed by atoms with Crippen molar-refractivity contribution in [2.45, 2.75) is 56.4 Å². The van der Waals surface area contributed by atoms with Gasteiger partial charge < -0.3 is 15.8 Å². The number of benzene rings is 2. The van der Waals surface area contributed by atoms with E-state index in [1.807, 2.05) is 36.7 Å². The van der Waals surface area contributed by atoms with Gasteiger partial charge in [0.15, 0.2) is 5.13 Å². The molecule has 0 saturated heterocycles. The van der Waals surface area contributed by atoms with Gasteiger partial charge in [0.2, 0.25) is 5.95 Å². The highest BCUT2D eigenvalue weighted by atomic mass is 35.5. The van der Waals surface area contributed by atoms with Gasteiger partial charge in [-0.2, -0.15) is 0 Å². The summed E-state index contributed by atoms with van der Waals surface area (Å²) in [7, 11) is 1.50. The number of halogens is 1. The Balaban J connectivity index is 0.00000141. The van der Waals surface area contributed by atoms with Crippen molar-refractivity contribution < 1.29 is 0 Å². The Hall–Kier alpha value is -2.39. The Labute approximate surface area is 220 Å². The van der Waals surface area contributed by atoms with Gasteiger partial charge in [0.25, 0.3) is 0 Å². The Morgan fingerprint density at radius 2 is 1.89 bits per heavy atom. The topological polar surface area (TPSA) is 88.8 Å². The van der Waals surface area contributed by atoms with E-state index in [4.69, 9.17) is 16.6 Å². The van der Waals surface area contributed by atoms with Crippen LogP contribution in [0.1, 0.15) is 44.6 Å². The molecule has 1 aliphatic rings. The smallest absolute Gasteiger partial charge is 0.223 e. The van der Waals surface area contributed by atoms with E-state index in [2.05, 4.69) is 44.8 Å². The molecule has 0 unspecified atom stereocenters. The summed E-state index contributed by atoms with van der Waals surface area (Å²) in [5.74, 6) is 0.748. The van der Waals surface area contributed by atoms with Gasteiger partial charge in [-0.05, 0) is 73.7 Å². The number of rotatable bonds is 7. The van der Waals surface area contributed by atoms with Crippen LogP contribution in [0.25, 0.3) is 21.3 Å². The normalized spacial score (nSPS) is 13.8. The molecule has 2 heterocycles. The van der Waals surface area contributed by atoms with Gasteiger partial charge >= 0.3 is 0 Å². The fraction of sp³-hybridized carbons (Fsp3) is 0.346. The van der Waals surface area contributed by atoms with Gasteiger partial charge in [-0.25, -0.2) is 15.0 Å². The lowest BCUT2D eigenvalue weighted by atomic mass is 9.96. The van der Waals surface area contributed by atoms with Gasteiger partial charge in [0.1, 0.15) is 0 Å². The predicted octanol–water partition coefficient (Wildman–Crippen LogP) is 7.41. The first-order chi connectivity index (χ1) is 17.2. The first-order valence-electron chi connectivity index (χ1n) is 12.0. The number of anilines is 2. The Morgan fingerprint density at radius 1 is 1.09 bits per heavy atom. The summed E-state index contributed by atoms with van der Waals surface area (Å²) in [6, 6.07) is 12.7. The van der Waals surface area contributed by atoms with Crippen LogP contribution >= 0.6 is 34.9 Å². The van der Waals surface area contributed by atoms with E-state index in [9.17, 15) is 0 Å². The molecular formula is C26H31ClN6S2. The third-order valence-electron chi connectivity index (χ3n) is 5.96. The third-order valence-corrected chi connectivity index (χ3v) is 8.36. The van der Waals surface area contributed by atoms with E-state index in [0.717, 1.165) is 48.8 Å². The molecule has 0 spiro atoms. The molecule has 0 aliphatic heterocycles. The molecule has 0 radical (unpaired) electrons. The van der Waals surface area contributed by atoms with Gasteiger partial charge in [-0.1, -0.05) is 61.3 Å². The first kappa shape index (κ1) is 25.7. The van der Waals surface area contributed by atoms with Gasteiger partial charge in [0, 0.05) is 28.7 Å². The van der Waals surface area contributed by atoms with Crippen molar-refractivity contribution in [1.82, 2.24) is 15.0 Å². The van der Waals surface area contributed by atoms with Crippen molar-refractivity contribution in [3.8, 4) is 10.4 Å². The monoisotopic (exact) mass is 526 g/mol. The van der Waals surface area contributed by atoms with Crippen molar-refractivity contribution in [3.05, 3.63) is 59.4 Å². The van der Waals surface area contributed by atoms with Gasteiger partial charge in [-0.15, -0.1) is 0 Å². The number of hydrogen-bond acceptors (Lipinski definition) is 8. The number of aromatic nitrogens is 3. The van der Waals surface area contributed by atoms with E-state index in [0.29, 0.717) is 6.04 Å². The molecule has 9 heteroatoms. The summed E-state index contributed by atoms with van der Waals surface area (Å²) >= 11 is 9.35. The van der Waals surface area contributed by atoms with E-state index in [-0.39, 0.29) is 0 Å². The van der Waals surface area contributed by atoms with Crippen LogP contribution in [0, 0.1) is 0 Å². The number of nitrogens with zero attached hydrogens (tertiary/aromatic N) is 3. The van der Waals surface area contributed by atoms with Crippen LogP contribution in [0.15, 0.2) is 53.7 Å². The lowest BCUT2D eigenvalue weighted by Crippen LogP contribution is -2.23. The second kappa shape index (κ2) is 12.5. The lowest BCUT2D eigenvalue weighted by molar-refractivity contribution is 0.461. The number of nitrogens with one attached hydrogen (secondary N) is 2. The maximum Gasteiger partial charge on any atom is 0.223 e. The molecule has 1 aliphatic carbocycles. The Morgan fingerprint density at radius 3 is 2.66 bits per heavy atom. The number of hydrogen-bond donors (Lipinski definition) is 3. The van der Waals surface area contributed by atoms with E-state index in [1.165, 1.54) is 56.7 Å². The predicted molar refractivity (Wildman–Crippen MR) is 152 cm³/mol. The molecule has 35 heavy (non-hydrogen) atoms. The highest BCUT2D eigenvalue weighted by Crippen LogP contribution is 2.35. The zero-order valence-electron chi connectivity index (χ0n) is 20.1. The number of nitrogens with two attached hydrogens (primary N) is 1. The van der Waals surface area contributed by atoms with Crippen LogP contribution in [0.3, 0.4) is 0 Å². The second-order valence-electron chi connectivity index (χ2n) is 8.26. The Bertz CT molecular complexity index is 1260. The fourth-order valence-electron chi connectivity index (χ4n) is 4.21. The zero-order chi connectivity index (χ0) is 24.6. The fourth-order valence-corrected chi connectivity index (χ4v) is 5.97. The van der Waals surface area contributed by atoms with Crippen LogP contribution in [-0.2, 0) is 6.42 Å². The van der Waals surface area contributed by atoms with Crippen LogP contribution < -0.4 is 15.8 Å². The highest BCUT2D eigenvalue weighted by molar-refractivity contribution is 8.00. The molecule has 1 saturated carbocycles. The van der Waals surface area contributed by atoms with Crippen molar-refractivity contribution in [1.29, 1.82) is 0 Å². The van der Waals surface area contributed by atoms with Crippen LogP contribution in [-0.4, -0.2) is 28.0 Å². The molecule has 184 valence electrons. The summed E-state index contributed by atoms with van der Waals surface area (Å²) in [6.45, 7) is 2.18. The highest BCUT2D eigenvalue weighted by Gasteiger charge is 2.16. The summed E-state index contributed by atoms with van der Waals surface area (Å²) in [4.78, 5) is 16.2. The average Bonchev–Trinajstić information content (AvgIpc) is 3.38. The summed E-state index contributed by atoms with van der Waals surface area (Å²) in [5.41, 5.74) is 7.90. The molecule has 6 nitrogen and oxygen atoms in total. The number of thiazole rings is 1. The van der Waals surface area contributed by atoms with Gasteiger partial charge in [0.05, 0.1) is 15.4 Å². The van der Waals surface area contributed by atoms with Gasteiger partial charge in [-0.3, -0.25) is 0 Å². The molecule has 0 atom stereocenters. The molecule has 1 fully saturated rings. The van der Waals surface area contributed by atoms with Crippen molar-refractivity contribution in [3.63, 3.8) is 0 Å². The largest absolute Gasteiger partial charge is 0.351 e. The molecular weight excluding hydrogens is 496 g/mol. The molecule has 4 N–H and O–H groups in total. The third kappa shape index (κ3) is 6.44. The minimum Gasteiger partial charge on any atom is -0.351 e. The molecule has 2 aromatic carbocycles. The lowest BCUT2D eigenvalue weighted by Gasteiger charge is -2.22. The van der Waals surface area contributed by atoms with Crippen LogP contribution in [0.5, 0.6) is 0 Å². The number of aryl methyl sites for hydroxylation is 1. The molecule has 4 aromatic rings. The van der Waals surface area contributed by atoms with E-state index >= 15 is 0 Å². The second-order valence-corrected chi connectivity index (χ2v) is 10.5. The first-order valence-corrected chi connectivity index (χ1v) is 14.0. The van der Waals surface area contributed by atoms with Crippen LogP contribution in [0.2, 0.25) is 5.02 Å². The van der Waals surface area contributed by atoms with E-state index < -0.39 is 0 Å². The standard InChI is InChI=1S/C25H26ClN5S2.CH5N/c1-2-16-12-17(22-15-28-25(32-22)31-33-21-11-7-6-10-20(21)26)13-18-14-27-24(30-23(16)18)29-19-8-4-3-5-9-19;1-2/h6-7,10-15,19H,2-5,8-9H2,1H3,(H,28,31)(H,27,29,30);2H2,1H3. The summed E-state index contributed by atoms with van der Waals surface area (Å²) in [6.07, 6.45) is 11.1. The van der Waals surface area contributed by atoms with Crippen molar-refractivity contribution in [2.75, 3.05) is 17.1 Å². The minimum atomic E-state index is 0.493. The minimum absolute atomic E-state index is 0.493. The quantitative estimate of drug-likeness (QED) is 0.216. The molecule has 0 amide bonds. The molecule has 0 bridgehead atoms. The zero-order valence-corrected chi connectivity index (χ0v) is 22.4. The molecule has 5 rings (SSSR count). The van der Waals surface area contributed by atoms with Crippen molar-refractivity contribution in [2.24, 2.45) is 5.73 Å². The maximum absolute atomic E-state index is 6.25. The summed E-state index contributed by atoms with van der Waals surface area (Å²) < 4.78 is 3.31. The maximum atomic E-state index is 6.25.